The molecule has 0 aliphatic carbocycles. The minimum atomic E-state index is -0.241. The first-order valence-corrected chi connectivity index (χ1v) is 6.76. The Labute approximate surface area is 118 Å². The first kappa shape index (κ1) is 13.4. The van der Waals surface area contributed by atoms with Gasteiger partial charge in [0.05, 0.1) is 30.4 Å². The molecule has 18 heavy (non-hydrogen) atoms. The van der Waals surface area contributed by atoms with E-state index >= 15 is 0 Å². The third kappa shape index (κ3) is 2.67. The summed E-state index contributed by atoms with van der Waals surface area (Å²) in [5, 5.41) is 0. The fraction of sp³-hybridized carbons (Fsp3) is 0.333. The van der Waals surface area contributed by atoms with Crippen molar-refractivity contribution < 1.29 is 9.53 Å². The maximum atomic E-state index is 11.2. The summed E-state index contributed by atoms with van der Waals surface area (Å²) < 4.78 is 7.56. The fourth-order valence-corrected chi connectivity index (χ4v) is 2.36. The smallest absolute Gasteiger partial charge is 0.307 e. The second-order valence-electron chi connectivity index (χ2n) is 3.77. The molecular formula is C12H12BrClN2O2. The number of fused-ring (bicyclic) bond motifs is 1. The van der Waals surface area contributed by atoms with E-state index in [-0.39, 0.29) is 5.97 Å². The van der Waals surface area contributed by atoms with Gasteiger partial charge in [0.15, 0.2) is 0 Å². The minimum Gasteiger partial charge on any atom is -0.469 e. The topological polar surface area (TPSA) is 44.1 Å². The number of hydrogen-bond donors (Lipinski definition) is 0. The Balaban J connectivity index is 2.37. The highest BCUT2D eigenvalue weighted by Crippen LogP contribution is 2.22. The molecule has 0 saturated heterocycles. The number of nitrogens with zero attached hydrogens (tertiary/aromatic N) is 2. The molecule has 0 fully saturated rings. The van der Waals surface area contributed by atoms with Crippen LogP contribution in [0.3, 0.4) is 0 Å². The first-order valence-electron chi connectivity index (χ1n) is 5.43. The van der Waals surface area contributed by atoms with Gasteiger partial charge in [-0.15, -0.1) is 11.6 Å². The van der Waals surface area contributed by atoms with E-state index in [1.807, 2.05) is 22.8 Å². The van der Waals surface area contributed by atoms with Crippen molar-refractivity contribution in [3.63, 3.8) is 0 Å². The van der Waals surface area contributed by atoms with Gasteiger partial charge < -0.3 is 9.30 Å². The van der Waals surface area contributed by atoms with Gasteiger partial charge in [0.25, 0.3) is 0 Å². The molecule has 0 spiro atoms. The normalized spacial score (nSPS) is 10.8. The van der Waals surface area contributed by atoms with Crippen molar-refractivity contribution in [2.45, 2.75) is 18.8 Å². The van der Waals surface area contributed by atoms with Gasteiger partial charge in [-0.3, -0.25) is 4.79 Å². The molecule has 1 aromatic carbocycles. The average Bonchev–Trinajstić information content (AvgIpc) is 2.72. The van der Waals surface area contributed by atoms with Crippen molar-refractivity contribution in [1.29, 1.82) is 0 Å². The van der Waals surface area contributed by atoms with E-state index in [4.69, 9.17) is 11.6 Å². The van der Waals surface area contributed by atoms with Crippen LogP contribution in [0.4, 0.5) is 0 Å². The lowest BCUT2D eigenvalue weighted by atomic mass is 10.3. The number of aryl methyl sites for hydroxylation is 1. The van der Waals surface area contributed by atoms with Gasteiger partial charge in [0.1, 0.15) is 5.82 Å². The highest BCUT2D eigenvalue weighted by atomic mass is 79.9. The molecule has 0 radical (unpaired) electrons. The van der Waals surface area contributed by atoms with E-state index in [9.17, 15) is 4.79 Å². The zero-order chi connectivity index (χ0) is 13.1. The Hall–Kier alpha value is -1.07. The van der Waals surface area contributed by atoms with E-state index in [1.54, 1.807) is 0 Å². The lowest BCUT2D eigenvalue weighted by Crippen LogP contribution is -2.09. The number of hydrogen-bond acceptors (Lipinski definition) is 3. The number of carbonyl (C=O) groups excluding carboxylic acids is 1. The molecule has 0 N–H and O–H groups in total. The molecule has 2 rings (SSSR count). The van der Waals surface area contributed by atoms with Gasteiger partial charge in [0.2, 0.25) is 0 Å². The molecule has 4 nitrogen and oxygen atoms in total. The standard InChI is InChI=1S/C12H12BrClN2O2/c1-18-12(17)4-5-16-10-3-2-8(13)6-9(10)15-11(16)7-14/h2-3,6H,4-5,7H2,1H3. The maximum Gasteiger partial charge on any atom is 0.307 e. The Bertz CT molecular complexity index is 583. The number of rotatable bonds is 4. The van der Waals surface area contributed by atoms with E-state index < -0.39 is 0 Å². The van der Waals surface area contributed by atoms with Crippen molar-refractivity contribution in [2.24, 2.45) is 0 Å². The van der Waals surface area contributed by atoms with Crippen LogP contribution in [-0.2, 0) is 22.0 Å². The van der Waals surface area contributed by atoms with Crippen LogP contribution in [0.2, 0.25) is 0 Å². The third-order valence-electron chi connectivity index (χ3n) is 2.68. The van der Waals surface area contributed by atoms with Gasteiger partial charge in [-0.2, -0.15) is 0 Å². The monoisotopic (exact) mass is 330 g/mol. The van der Waals surface area contributed by atoms with Gasteiger partial charge in [-0.1, -0.05) is 15.9 Å². The molecule has 2 aromatic rings. The molecule has 0 aliphatic rings. The maximum absolute atomic E-state index is 11.2. The summed E-state index contributed by atoms with van der Waals surface area (Å²) in [5.41, 5.74) is 1.84. The number of esters is 1. The van der Waals surface area contributed by atoms with Crippen molar-refractivity contribution in [3.05, 3.63) is 28.5 Å². The van der Waals surface area contributed by atoms with Crippen LogP contribution in [-0.4, -0.2) is 22.6 Å². The second kappa shape index (κ2) is 5.71. The molecule has 0 unspecified atom stereocenters. The summed E-state index contributed by atoms with van der Waals surface area (Å²) in [6.07, 6.45) is 0.307. The number of ether oxygens (including phenoxy) is 1. The molecule has 96 valence electrons. The van der Waals surface area contributed by atoms with Crippen LogP contribution >= 0.6 is 27.5 Å². The number of benzene rings is 1. The number of methoxy groups -OCH3 is 1. The van der Waals surface area contributed by atoms with Crippen LogP contribution in [0.25, 0.3) is 11.0 Å². The third-order valence-corrected chi connectivity index (χ3v) is 3.41. The summed E-state index contributed by atoms with van der Waals surface area (Å²) in [6, 6.07) is 5.83. The molecule has 1 heterocycles. The highest BCUT2D eigenvalue weighted by molar-refractivity contribution is 9.10. The van der Waals surface area contributed by atoms with Crippen molar-refractivity contribution in [2.75, 3.05) is 7.11 Å². The zero-order valence-corrected chi connectivity index (χ0v) is 12.2. The lowest BCUT2D eigenvalue weighted by Gasteiger charge is -2.06. The Morgan fingerprint density at radius 3 is 3.00 bits per heavy atom. The Morgan fingerprint density at radius 1 is 1.56 bits per heavy atom. The summed E-state index contributed by atoms with van der Waals surface area (Å²) >= 11 is 9.29. The number of aromatic nitrogens is 2. The molecule has 6 heteroatoms. The number of halogens is 2. The van der Waals surface area contributed by atoms with Crippen LogP contribution in [0.1, 0.15) is 12.2 Å². The Kier molecular flexibility index (Phi) is 4.24. The second-order valence-corrected chi connectivity index (χ2v) is 4.96. The van der Waals surface area contributed by atoms with E-state index in [1.165, 1.54) is 7.11 Å². The lowest BCUT2D eigenvalue weighted by molar-refractivity contribution is -0.140. The summed E-state index contributed by atoms with van der Waals surface area (Å²) in [5.74, 6) is 0.830. The summed E-state index contributed by atoms with van der Waals surface area (Å²) in [7, 11) is 1.38. The van der Waals surface area contributed by atoms with Crippen LogP contribution in [0.5, 0.6) is 0 Å². The van der Waals surface area contributed by atoms with Gasteiger partial charge >= 0.3 is 5.97 Å². The van der Waals surface area contributed by atoms with Gasteiger partial charge in [-0.25, -0.2) is 4.98 Å². The predicted octanol–water partition coefficient (Wildman–Crippen LogP) is 3.10. The first-order chi connectivity index (χ1) is 8.65. The molecule has 1 aromatic heterocycles. The van der Waals surface area contributed by atoms with Crippen molar-refractivity contribution in [1.82, 2.24) is 9.55 Å². The number of imidazole rings is 1. The van der Waals surface area contributed by atoms with Crippen LogP contribution in [0.15, 0.2) is 22.7 Å². The predicted molar refractivity (Wildman–Crippen MR) is 73.6 cm³/mol. The average molecular weight is 332 g/mol. The van der Waals surface area contributed by atoms with Crippen molar-refractivity contribution in [3.8, 4) is 0 Å². The van der Waals surface area contributed by atoms with Crippen LogP contribution < -0.4 is 0 Å². The quantitative estimate of drug-likeness (QED) is 0.639. The van der Waals surface area contributed by atoms with E-state index in [0.29, 0.717) is 18.8 Å². The van der Waals surface area contributed by atoms with E-state index in [2.05, 4.69) is 25.7 Å². The van der Waals surface area contributed by atoms with Gasteiger partial charge in [0, 0.05) is 11.0 Å². The molecule has 0 atom stereocenters. The molecule has 0 aliphatic heterocycles. The highest BCUT2D eigenvalue weighted by Gasteiger charge is 2.11. The minimum absolute atomic E-state index is 0.241. The Morgan fingerprint density at radius 2 is 2.33 bits per heavy atom. The van der Waals surface area contributed by atoms with Gasteiger partial charge in [-0.05, 0) is 18.2 Å². The van der Waals surface area contributed by atoms with E-state index in [0.717, 1.165) is 21.3 Å². The van der Waals surface area contributed by atoms with Crippen LogP contribution in [0, 0.1) is 0 Å². The summed E-state index contributed by atoms with van der Waals surface area (Å²) in [4.78, 5) is 15.6. The molecule has 0 amide bonds. The molecule has 0 bridgehead atoms. The largest absolute Gasteiger partial charge is 0.469 e. The van der Waals surface area contributed by atoms with Crippen molar-refractivity contribution >= 4 is 44.5 Å². The fourth-order valence-electron chi connectivity index (χ4n) is 1.81. The summed E-state index contributed by atoms with van der Waals surface area (Å²) in [6.45, 7) is 0.521. The molecular weight excluding hydrogens is 320 g/mol. The molecule has 0 saturated carbocycles. The zero-order valence-electron chi connectivity index (χ0n) is 9.82. The number of carbonyl (C=O) groups is 1. The number of alkyl halides is 1. The SMILES string of the molecule is COC(=O)CCn1c(CCl)nc2cc(Br)ccc21.